The van der Waals surface area contributed by atoms with Crippen LogP contribution in [0.5, 0.6) is 0 Å². The maximum Gasteiger partial charge on any atom is 0.433 e. The van der Waals surface area contributed by atoms with Crippen LogP contribution >= 0.6 is 0 Å². The lowest BCUT2D eigenvalue weighted by atomic mass is 10.1. The molecule has 0 aliphatic carbocycles. The standard InChI is InChI=1S/C15H15N5O4/c1-8-3-5-10-14(13(8)16)18-11(19(10)15(21)17-2)7-9-4-6-12(24-9)20(22)23/h3-7,18H,16H2,1-2H3,(H,17,21). The lowest BCUT2D eigenvalue weighted by Gasteiger charge is -2.17. The van der Waals surface area contributed by atoms with Gasteiger partial charge in [0.1, 0.15) is 16.5 Å². The molecule has 0 saturated carbocycles. The normalized spacial score (nSPS) is 14.4. The summed E-state index contributed by atoms with van der Waals surface area (Å²) in [5, 5.41) is 16.3. The molecule has 1 aliphatic heterocycles. The van der Waals surface area contributed by atoms with E-state index in [4.69, 9.17) is 10.2 Å². The van der Waals surface area contributed by atoms with E-state index in [1.807, 2.05) is 13.0 Å². The zero-order valence-corrected chi connectivity index (χ0v) is 13.0. The first-order valence-electron chi connectivity index (χ1n) is 7.06. The molecule has 0 spiro atoms. The van der Waals surface area contributed by atoms with Gasteiger partial charge in [0, 0.05) is 13.1 Å². The molecule has 24 heavy (non-hydrogen) atoms. The first kappa shape index (κ1) is 15.4. The van der Waals surface area contributed by atoms with Gasteiger partial charge in [-0.2, -0.15) is 0 Å². The number of carbonyl (C=O) groups is 1. The molecule has 2 aromatic rings. The number of hydrogen-bond donors (Lipinski definition) is 3. The van der Waals surface area contributed by atoms with Crippen LogP contribution in [0.1, 0.15) is 11.3 Å². The molecule has 0 saturated heterocycles. The minimum absolute atomic E-state index is 0.237. The zero-order valence-electron chi connectivity index (χ0n) is 13.0. The predicted molar refractivity (Wildman–Crippen MR) is 89.5 cm³/mol. The van der Waals surface area contributed by atoms with Crippen LogP contribution in [0, 0.1) is 17.0 Å². The lowest BCUT2D eigenvalue weighted by molar-refractivity contribution is -0.402. The van der Waals surface area contributed by atoms with Crippen LogP contribution in [-0.2, 0) is 0 Å². The molecule has 2 heterocycles. The smallest absolute Gasteiger partial charge is 0.401 e. The number of aryl methyl sites for hydroxylation is 1. The topological polar surface area (TPSA) is 127 Å². The van der Waals surface area contributed by atoms with Crippen molar-refractivity contribution in [3.8, 4) is 0 Å². The number of anilines is 3. The Labute approximate surface area is 136 Å². The Balaban J connectivity index is 2.07. The van der Waals surface area contributed by atoms with Gasteiger partial charge < -0.3 is 20.8 Å². The summed E-state index contributed by atoms with van der Waals surface area (Å²) in [6.07, 6.45) is 1.50. The molecule has 0 unspecified atom stereocenters. The van der Waals surface area contributed by atoms with E-state index >= 15 is 0 Å². The number of furan rings is 1. The highest BCUT2D eigenvalue weighted by Crippen LogP contribution is 2.42. The monoisotopic (exact) mass is 329 g/mol. The first-order valence-corrected chi connectivity index (χ1v) is 7.06. The molecule has 3 rings (SSSR count). The summed E-state index contributed by atoms with van der Waals surface area (Å²) in [5.41, 5.74) is 8.66. The number of benzene rings is 1. The average molecular weight is 329 g/mol. The van der Waals surface area contributed by atoms with Crippen molar-refractivity contribution in [1.82, 2.24) is 5.32 Å². The second kappa shape index (κ2) is 5.61. The van der Waals surface area contributed by atoms with E-state index in [2.05, 4.69) is 10.6 Å². The van der Waals surface area contributed by atoms with Crippen molar-refractivity contribution >= 4 is 35.1 Å². The average Bonchev–Trinajstić information content (AvgIpc) is 3.15. The summed E-state index contributed by atoms with van der Waals surface area (Å²) in [6.45, 7) is 1.86. The number of nitrogens with one attached hydrogen (secondary N) is 2. The summed E-state index contributed by atoms with van der Waals surface area (Å²) in [7, 11) is 1.51. The Kier molecular flexibility index (Phi) is 3.60. The molecule has 0 atom stereocenters. The number of amides is 2. The van der Waals surface area contributed by atoms with Crippen LogP contribution in [0.4, 0.5) is 27.7 Å². The molecule has 1 aromatic heterocycles. The van der Waals surface area contributed by atoms with Gasteiger partial charge in [-0.05, 0) is 24.6 Å². The van der Waals surface area contributed by atoms with Gasteiger partial charge in [-0.15, -0.1) is 0 Å². The number of fused-ring (bicyclic) bond motifs is 1. The van der Waals surface area contributed by atoms with E-state index in [1.165, 1.54) is 30.2 Å². The minimum Gasteiger partial charge on any atom is -0.401 e. The number of nitrogens with two attached hydrogens (primary N) is 1. The van der Waals surface area contributed by atoms with E-state index in [9.17, 15) is 14.9 Å². The van der Waals surface area contributed by atoms with Crippen molar-refractivity contribution in [1.29, 1.82) is 0 Å². The Hall–Kier alpha value is -3.49. The van der Waals surface area contributed by atoms with Gasteiger partial charge in [0.05, 0.1) is 23.1 Å². The number of carbonyl (C=O) groups excluding carboxylic acids is 1. The van der Waals surface area contributed by atoms with Crippen LogP contribution in [-0.4, -0.2) is 18.0 Å². The summed E-state index contributed by atoms with van der Waals surface area (Å²) in [6, 6.07) is 5.90. The Morgan fingerprint density at radius 2 is 2.17 bits per heavy atom. The fourth-order valence-corrected chi connectivity index (χ4v) is 2.43. The van der Waals surface area contributed by atoms with Crippen molar-refractivity contribution in [3.05, 3.63) is 51.5 Å². The van der Waals surface area contributed by atoms with Crippen molar-refractivity contribution in [2.24, 2.45) is 0 Å². The van der Waals surface area contributed by atoms with E-state index in [0.717, 1.165) is 5.56 Å². The van der Waals surface area contributed by atoms with Crippen LogP contribution in [0.2, 0.25) is 0 Å². The van der Waals surface area contributed by atoms with Crippen molar-refractivity contribution in [2.75, 3.05) is 23.0 Å². The second-order valence-corrected chi connectivity index (χ2v) is 5.17. The lowest BCUT2D eigenvalue weighted by Crippen LogP contribution is -2.36. The largest absolute Gasteiger partial charge is 0.433 e. The molecule has 9 nitrogen and oxygen atoms in total. The van der Waals surface area contributed by atoms with Crippen LogP contribution in [0.3, 0.4) is 0 Å². The van der Waals surface area contributed by atoms with Gasteiger partial charge in [-0.3, -0.25) is 10.1 Å². The van der Waals surface area contributed by atoms with Gasteiger partial charge in [-0.1, -0.05) is 6.07 Å². The molecule has 0 fully saturated rings. The first-order chi connectivity index (χ1) is 11.4. The highest BCUT2D eigenvalue weighted by atomic mass is 16.6. The highest BCUT2D eigenvalue weighted by Gasteiger charge is 2.31. The maximum atomic E-state index is 12.2. The summed E-state index contributed by atoms with van der Waals surface area (Å²) in [4.78, 5) is 23.7. The van der Waals surface area contributed by atoms with E-state index < -0.39 is 4.92 Å². The van der Waals surface area contributed by atoms with Crippen LogP contribution in [0.25, 0.3) is 6.08 Å². The number of hydrogen-bond acceptors (Lipinski definition) is 6. The molecule has 124 valence electrons. The van der Waals surface area contributed by atoms with Gasteiger partial charge >= 0.3 is 11.9 Å². The highest BCUT2D eigenvalue weighted by molar-refractivity contribution is 6.06. The molecule has 4 N–H and O–H groups in total. The number of urea groups is 1. The Morgan fingerprint density at radius 1 is 1.42 bits per heavy atom. The maximum absolute atomic E-state index is 12.2. The van der Waals surface area contributed by atoms with E-state index in [-0.39, 0.29) is 17.7 Å². The molecule has 9 heteroatoms. The third-order valence-electron chi connectivity index (χ3n) is 3.66. The third-order valence-corrected chi connectivity index (χ3v) is 3.66. The number of rotatable bonds is 2. The van der Waals surface area contributed by atoms with Gasteiger partial charge in [-0.25, -0.2) is 9.69 Å². The van der Waals surface area contributed by atoms with Gasteiger partial charge in [0.25, 0.3) is 0 Å². The minimum atomic E-state index is -0.628. The van der Waals surface area contributed by atoms with Crippen molar-refractivity contribution in [2.45, 2.75) is 6.92 Å². The van der Waals surface area contributed by atoms with Crippen LogP contribution in [0.15, 0.2) is 34.5 Å². The third kappa shape index (κ3) is 2.41. The summed E-state index contributed by atoms with van der Waals surface area (Å²) >= 11 is 0. The molecular weight excluding hydrogens is 314 g/mol. The molecular formula is C15H15N5O4. The van der Waals surface area contributed by atoms with Crippen LogP contribution < -0.4 is 21.3 Å². The van der Waals surface area contributed by atoms with Gasteiger partial charge in [0.15, 0.2) is 0 Å². The molecule has 1 aliphatic rings. The van der Waals surface area contributed by atoms with Crippen molar-refractivity contribution < 1.29 is 14.1 Å². The van der Waals surface area contributed by atoms with E-state index in [1.54, 1.807) is 6.07 Å². The van der Waals surface area contributed by atoms with Gasteiger partial charge in [0.2, 0.25) is 0 Å². The number of nitrogens with zero attached hydrogens (tertiary/aromatic N) is 2. The predicted octanol–water partition coefficient (Wildman–Crippen LogP) is 2.65. The van der Waals surface area contributed by atoms with Crippen molar-refractivity contribution in [3.63, 3.8) is 0 Å². The fraction of sp³-hybridized carbons (Fsp3) is 0.133. The fourth-order valence-electron chi connectivity index (χ4n) is 2.43. The molecule has 1 aromatic carbocycles. The molecule has 0 radical (unpaired) electrons. The number of nitro groups is 1. The molecule has 0 bridgehead atoms. The SMILES string of the molecule is CNC(=O)N1C(=Cc2ccc([N+](=O)[O-])o2)Nc2c1ccc(C)c2N. The molecule has 2 amide bonds. The quantitative estimate of drug-likeness (QED) is 0.441. The Bertz CT molecular complexity index is 871. The number of nitrogen functional groups attached to an aromatic ring is 1. The summed E-state index contributed by atoms with van der Waals surface area (Å²) in [5.74, 6) is 0.242. The Morgan fingerprint density at radius 3 is 2.79 bits per heavy atom. The zero-order chi connectivity index (χ0) is 17.4. The van der Waals surface area contributed by atoms with E-state index in [0.29, 0.717) is 22.9 Å². The second-order valence-electron chi connectivity index (χ2n) is 5.17. The summed E-state index contributed by atoms with van der Waals surface area (Å²) < 4.78 is 5.12.